The normalized spacial score (nSPS) is 11.8. The predicted octanol–water partition coefficient (Wildman–Crippen LogP) is 11.3. The van der Waals surface area contributed by atoms with Gasteiger partial charge in [-0.2, -0.15) is 0 Å². The highest BCUT2D eigenvalue weighted by Crippen LogP contribution is 2.20. The number of hydrogen-bond donors (Lipinski definition) is 0. The summed E-state index contributed by atoms with van der Waals surface area (Å²) in [7, 11) is 0. The van der Waals surface area contributed by atoms with Gasteiger partial charge >= 0.3 is 0 Å². The highest BCUT2D eigenvalue weighted by molar-refractivity contribution is 5.80. The molecule has 4 aromatic heterocycles. The third-order valence-electron chi connectivity index (χ3n) is 10.6. The first-order valence-electron chi connectivity index (χ1n) is 20.1. The minimum atomic E-state index is 0.819. The van der Waals surface area contributed by atoms with E-state index in [4.69, 9.17) is 19.9 Å². The summed E-state index contributed by atoms with van der Waals surface area (Å²) in [5.41, 5.74) is 8.68. The molecule has 55 heavy (non-hydrogen) atoms. The Balaban J connectivity index is 0.827. The summed E-state index contributed by atoms with van der Waals surface area (Å²) in [5.74, 6) is 0. The molecule has 0 bridgehead atoms. The van der Waals surface area contributed by atoms with Crippen LogP contribution >= 0.6 is 0 Å². The summed E-state index contributed by atoms with van der Waals surface area (Å²) >= 11 is 0. The zero-order chi connectivity index (χ0) is 37.1. The average molecular weight is 723 g/mol. The molecule has 0 unspecified atom stereocenters. The van der Waals surface area contributed by atoms with Crippen molar-refractivity contribution in [2.75, 3.05) is 13.1 Å². The maximum Gasteiger partial charge on any atom is 0.0705 e. The Morgan fingerprint density at radius 3 is 0.818 bits per heavy atom. The van der Waals surface area contributed by atoms with E-state index in [1.807, 2.05) is 0 Å². The second-order valence-corrected chi connectivity index (χ2v) is 14.9. The van der Waals surface area contributed by atoms with E-state index in [9.17, 15) is 0 Å². The van der Waals surface area contributed by atoms with E-state index in [2.05, 4.69) is 155 Å². The van der Waals surface area contributed by atoms with Crippen molar-refractivity contribution in [3.63, 3.8) is 0 Å². The standard InChI is InChI=1S/C49H50N6/c1(2-4-14-32-54(34-42-28-24-38-16-6-10-20-46(38)50-42)35-43-29-25-39-17-7-11-21-47(39)51-43)3-5-15-33-55(36-44-30-26-40-18-8-12-22-48(40)52-44)37-45-31-27-41-19-9-13-23-49(41)53-45/h6-13,16-31H,1-5,14-15,32-37H2. The van der Waals surface area contributed by atoms with Crippen LogP contribution in [0.3, 0.4) is 0 Å². The molecule has 0 saturated heterocycles. The zero-order valence-corrected chi connectivity index (χ0v) is 31.7. The molecule has 0 fully saturated rings. The summed E-state index contributed by atoms with van der Waals surface area (Å²) in [4.78, 5) is 25.1. The molecular weight excluding hydrogens is 673 g/mol. The lowest BCUT2D eigenvalue weighted by atomic mass is 10.1. The molecule has 8 aromatic rings. The molecule has 4 heterocycles. The molecule has 0 spiro atoms. The second kappa shape index (κ2) is 18.2. The lowest BCUT2D eigenvalue weighted by Gasteiger charge is -2.22. The van der Waals surface area contributed by atoms with E-state index in [-0.39, 0.29) is 0 Å². The van der Waals surface area contributed by atoms with Gasteiger partial charge in [-0.1, -0.05) is 129 Å². The molecule has 0 saturated carbocycles. The van der Waals surface area contributed by atoms with Gasteiger partial charge in [-0.3, -0.25) is 29.7 Å². The molecule has 4 aromatic carbocycles. The Morgan fingerprint density at radius 2 is 0.527 bits per heavy atom. The molecule has 0 radical (unpaired) electrons. The fraction of sp³-hybridized carbons (Fsp3) is 0.265. The van der Waals surface area contributed by atoms with Crippen LogP contribution in [-0.2, 0) is 26.2 Å². The number of aromatic nitrogens is 4. The fourth-order valence-electron chi connectivity index (χ4n) is 7.68. The number of rotatable bonds is 18. The Morgan fingerprint density at radius 1 is 0.273 bits per heavy atom. The summed E-state index contributed by atoms with van der Waals surface area (Å²) in [6.45, 7) is 5.34. The van der Waals surface area contributed by atoms with Crippen molar-refractivity contribution in [1.29, 1.82) is 0 Å². The van der Waals surface area contributed by atoms with Crippen LogP contribution in [0.5, 0.6) is 0 Å². The number of unbranched alkanes of at least 4 members (excludes halogenated alkanes) is 6. The zero-order valence-electron chi connectivity index (χ0n) is 31.7. The molecule has 0 aliphatic heterocycles. The molecule has 0 aliphatic carbocycles. The third kappa shape index (κ3) is 9.96. The van der Waals surface area contributed by atoms with E-state index in [1.165, 1.54) is 66.5 Å². The highest BCUT2D eigenvalue weighted by Gasteiger charge is 2.13. The SMILES string of the molecule is c1ccc2nc(CN(CCCCCCCCCN(Cc3ccc4ccccc4n3)Cc3ccc4ccccc4n3)Cc3ccc4ccccc4n3)ccc2c1. The number of hydrogen-bond acceptors (Lipinski definition) is 6. The predicted molar refractivity (Wildman–Crippen MR) is 228 cm³/mol. The van der Waals surface area contributed by atoms with Crippen LogP contribution in [0.1, 0.15) is 67.7 Å². The molecule has 0 N–H and O–H groups in total. The van der Waals surface area contributed by atoms with Crippen LogP contribution in [-0.4, -0.2) is 42.8 Å². The minimum absolute atomic E-state index is 0.819. The lowest BCUT2D eigenvalue weighted by molar-refractivity contribution is 0.242. The first-order chi connectivity index (χ1) is 27.2. The second-order valence-electron chi connectivity index (χ2n) is 14.9. The maximum absolute atomic E-state index is 5.00. The van der Waals surface area contributed by atoms with Crippen molar-refractivity contribution in [3.05, 3.63) is 168 Å². The number of pyridine rings is 4. The van der Waals surface area contributed by atoms with Gasteiger partial charge in [0.25, 0.3) is 0 Å². The van der Waals surface area contributed by atoms with Crippen molar-refractivity contribution in [1.82, 2.24) is 29.7 Å². The van der Waals surface area contributed by atoms with E-state index >= 15 is 0 Å². The maximum atomic E-state index is 5.00. The molecule has 0 atom stereocenters. The molecule has 0 amide bonds. The van der Waals surface area contributed by atoms with Crippen molar-refractivity contribution in [2.45, 2.75) is 71.1 Å². The molecule has 0 aliphatic rings. The van der Waals surface area contributed by atoms with Crippen LogP contribution in [0, 0.1) is 0 Å². The Kier molecular flexibility index (Phi) is 12.0. The summed E-state index contributed by atoms with van der Waals surface area (Å²) in [6, 6.07) is 51.0. The van der Waals surface area contributed by atoms with E-state index in [1.54, 1.807) is 0 Å². The van der Waals surface area contributed by atoms with Gasteiger partial charge in [0.05, 0.1) is 44.8 Å². The summed E-state index contributed by atoms with van der Waals surface area (Å²) in [6.07, 6.45) is 8.63. The Labute approximate surface area is 324 Å². The number of para-hydroxylation sites is 4. The van der Waals surface area contributed by atoms with Crippen LogP contribution in [0.15, 0.2) is 146 Å². The smallest absolute Gasteiger partial charge is 0.0705 e. The fourth-order valence-corrected chi connectivity index (χ4v) is 7.68. The number of fused-ring (bicyclic) bond motifs is 4. The number of benzene rings is 4. The highest BCUT2D eigenvalue weighted by atomic mass is 15.1. The average Bonchev–Trinajstić information content (AvgIpc) is 3.22. The minimum Gasteiger partial charge on any atom is -0.292 e. The van der Waals surface area contributed by atoms with Crippen LogP contribution in [0.25, 0.3) is 43.6 Å². The first kappa shape index (κ1) is 36.4. The Bertz CT molecular complexity index is 2140. The molecule has 6 heteroatoms. The van der Waals surface area contributed by atoms with Crippen molar-refractivity contribution in [2.24, 2.45) is 0 Å². The van der Waals surface area contributed by atoms with Gasteiger partial charge in [0.1, 0.15) is 0 Å². The lowest BCUT2D eigenvalue weighted by Crippen LogP contribution is -2.25. The Hall–Kier alpha value is -5.56. The largest absolute Gasteiger partial charge is 0.292 e. The molecule has 276 valence electrons. The topological polar surface area (TPSA) is 58.0 Å². The molecular formula is C49H50N6. The molecule has 6 nitrogen and oxygen atoms in total. The summed E-state index contributed by atoms with van der Waals surface area (Å²) in [5, 5.41) is 4.74. The van der Waals surface area contributed by atoms with Gasteiger partial charge in [0.2, 0.25) is 0 Å². The monoisotopic (exact) mass is 722 g/mol. The first-order valence-corrected chi connectivity index (χ1v) is 20.1. The van der Waals surface area contributed by atoms with Gasteiger partial charge in [-0.05, 0) is 74.5 Å². The van der Waals surface area contributed by atoms with Crippen molar-refractivity contribution in [3.8, 4) is 0 Å². The quantitative estimate of drug-likeness (QED) is 0.0822. The van der Waals surface area contributed by atoms with Gasteiger partial charge in [-0.25, -0.2) is 0 Å². The van der Waals surface area contributed by atoms with Gasteiger partial charge in [0.15, 0.2) is 0 Å². The molecule has 8 rings (SSSR count). The third-order valence-corrected chi connectivity index (χ3v) is 10.6. The van der Waals surface area contributed by atoms with Crippen LogP contribution in [0.2, 0.25) is 0 Å². The van der Waals surface area contributed by atoms with Crippen molar-refractivity contribution < 1.29 is 0 Å². The summed E-state index contributed by atoms with van der Waals surface area (Å²) < 4.78 is 0. The van der Waals surface area contributed by atoms with E-state index in [0.717, 1.165) is 84.1 Å². The van der Waals surface area contributed by atoms with Gasteiger partial charge < -0.3 is 0 Å². The van der Waals surface area contributed by atoms with Crippen molar-refractivity contribution >= 4 is 43.6 Å². The van der Waals surface area contributed by atoms with Crippen LogP contribution in [0.4, 0.5) is 0 Å². The van der Waals surface area contributed by atoms with E-state index < -0.39 is 0 Å². The van der Waals surface area contributed by atoms with E-state index in [0.29, 0.717) is 0 Å². The number of nitrogens with zero attached hydrogens (tertiary/aromatic N) is 6. The van der Waals surface area contributed by atoms with Crippen LogP contribution < -0.4 is 0 Å². The van der Waals surface area contributed by atoms with Gasteiger partial charge in [0, 0.05) is 47.7 Å². The van der Waals surface area contributed by atoms with Gasteiger partial charge in [-0.15, -0.1) is 0 Å².